The molecule has 2 rings (SSSR count). The molecule has 0 aliphatic carbocycles. The van der Waals surface area contributed by atoms with Crippen LogP contribution in [-0.4, -0.2) is 13.0 Å². The second-order valence-corrected chi connectivity index (χ2v) is 7.06. The second kappa shape index (κ2) is 10.7. The van der Waals surface area contributed by atoms with Crippen molar-refractivity contribution < 1.29 is 74.2 Å². The van der Waals surface area contributed by atoms with Crippen LogP contribution in [0, 0.1) is 0 Å². The summed E-state index contributed by atoms with van der Waals surface area (Å²) in [5, 5.41) is 12.1. The Bertz CT molecular complexity index is 773. The van der Waals surface area contributed by atoms with Crippen molar-refractivity contribution in [3.05, 3.63) is 48.0 Å². The Hall–Kier alpha value is -0.414. The van der Waals surface area contributed by atoms with Crippen LogP contribution in [0.3, 0.4) is 0 Å². The normalized spacial score (nSPS) is 11.0. The predicted molar refractivity (Wildman–Crippen MR) is 90.1 cm³/mol. The average molecular weight is 389 g/mol. The quantitative estimate of drug-likeness (QED) is 0.413. The molecule has 7 heteroatoms. The maximum atomic E-state index is 12.1. The first-order valence-electron chi connectivity index (χ1n) is 7.95. The van der Waals surface area contributed by atoms with Crippen molar-refractivity contribution in [2.45, 2.75) is 43.9 Å². The first-order chi connectivity index (χ1) is 11.4. The van der Waals surface area contributed by atoms with E-state index in [4.69, 9.17) is 9.29 Å². The Labute approximate surface area is 191 Å². The summed E-state index contributed by atoms with van der Waals surface area (Å²) in [5.74, 6) is 0.309. The molecular weight excluding hydrogens is 367 g/mol. The van der Waals surface area contributed by atoms with E-state index in [1.807, 2.05) is 6.07 Å². The van der Waals surface area contributed by atoms with Gasteiger partial charge in [0.1, 0.15) is 11.5 Å². The van der Waals surface area contributed by atoms with Gasteiger partial charge in [-0.3, -0.25) is 4.55 Å². The summed E-state index contributed by atoms with van der Waals surface area (Å²) in [6.45, 7) is 2.16. The van der Waals surface area contributed by atoms with E-state index in [1.165, 1.54) is 37.1 Å². The summed E-state index contributed by atoms with van der Waals surface area (Å²) < 4.78 is 36.4. The van der Waals surface area contributed by atoms with Crippen LogP contribution in [0.25, 0.3) is 0 Å². The van der Waals surface area contributed by atoms with Gasteiger partial charge in [-0.15, -0.1) is 0 Å². The molecule has 0 aromatic heterocycles. The minimum atomic E-state index is -4.24. The summed E-state index contributed by atoms with van der Waals surface area (Å²) in [6, 6.07) is 10.3. The standard InChI is InChI=1S/C18H22O5S.K/c1-2-3-4-5-6-14-7-12-18(17(19)13-14)23-15-8-10-16(11-9-15)24(20,21)22;/h7-13,19H,2-6H2,1H3,(H,20,21,22);/q;+1/p-1. The summed E-state index contributed by atoms with van der Waals surface area (Å²) in [7, 11) is -4.24. The molecule has 130 valence electrons. The summed E-state index contributed by atoms with van der Waals surface area (Å²) in [5.41, 5.74) is 0.991. The molecule has 2 aromatic carbocycles. The molecule has 0 bridgehead atoms. The van der Waals surface area contributed by atoms with Crippen LogP contribution in [0.1, 0.15) is 38.2 Å². The molecule has 0 spiro atoms. The molecule has 0 aliphatic heterocycles. The van der Waals surface area contributed by atoms with Crippen molar-refractivity contribution in [1.82, 2.24) is 0 Å². The molecule has 0 radical (unpaired) electrons. The Morgan fingerprint density at radius 1 is 1.04 bits per heavy atom. The minimum Gasteiger partial charge on any atom is -0.870 e. The van der Waals surface area contributed by atoms with Gasteiger partial charge in [-0.2, -0.15) is 8.42 Å². The predicted octanol–water partition coefficient (Wildman–Crippen LogP) is 0.926. The van der Waals surface area contributed by atoms with Gasteiger partial charge in [0.05, 0.1) is 4.90 Å². The monoisotopic (exact) mass is 388 g/mol. The Kier molecular flexibility index (Phi) is 9.65. The first kappa shape index (κ1) is 22.6. The zero-order chi connectivity index (χ0) is 17.6. The average Bonchev–Trinajstić information content (AvgIpc) is 2.54. The Morgan fingerprint density at radius 2 is 1.72 bits per heavy atom. The maximum Gasteiger partial charge on any atom is 1.00 e. The maximum absolute atomic E-state index is 12.1. The van der Waals surface area contributed by atoms with E-state index in [2.05, 4.69) is 6.92 Å². The molecule has 0 aliphatic rings. The van der Waals surface area contributed by atoms with Crippen LogP contribution in [0.5, 0.6) is 17.2 Å². The number of unbranched alkanes of at least 4 members (excludes halogenated alkanes) is 3. The number of hydrogen-bond acceptors (Lipinski definition) is 4. The van der Waals surface area contributed by atoms with Gasteiger partial charge >= 0.3 is 51.4 Å². The van der Waals surface area contributed by atoms with Crippen LogP contribution in [0.15, 0.2) is 47.4 Å². The SMILES string of the molecule is CCCCCCc1ccc(Oc2ccc(S(=O)(=O)O)cc2)c([O-])c1.[K+]. The molecule has 0 saturated heterocycles. The van der Waals surface area contributed by atoms with Gasteiger partial charge in [-0.25, -0.2) is 0 Å². The molecule has 5 nitrogen and oxygen atoms in total. The Morgan fingerprint density at radius 3 is 2.28 bits per heavy atom. The fraction of sp³-hybridized carbons (Fsp3) is 0.333. The van der Waals surface area contributed by atoms with Gasteiger partial charge in [0.2, 0.25) is 0 Å². The number of hydrogen-bond donors (Lipinski definition) is 1. The summed E-state index contributed by atoms with van der Waals surface area (Å²) in [6.07, 6.45) is 5.47. The van der Waals surface area contributed by atoms with Crippen LogP contribution < -0.4 is 61.2 Å². The van der Waals surface area contributed by atoms with Crippen molar-refractivity contribution >= 4 is 10.1 Å². The van der Waals surface area contributed by atoms with Crippen molar-refractivity contribution in [3.8, 4) is 17.2 Å². The molecule has 0 atom stereocenters. The van der Waals surface area contributed by atoms with E-state index in [-0.39, 0.29) is 67.8 Å². The smallest absolute Gasteiger partial charge is 0.870 e. The Balaban J connectivity index is 0.00000312. The molecule has 25 heavy (non-hydrogen) atoms. The zero-order valence-electron chi connectivity index (χ0n) is 14.6. The topological polar surface area (TPSA) is 86.7 Å². The molecule has 0 saturated carbocycles. The molecule has 0 amide bonds. The summed E-state index contributed by atoms with van der Waals surface area (Å²) >= 11 is 0. The van der Waals surface area contributed by atoms with Gasteiger partial charge in [-0.1, -0.05) is 44.1 Å². The van der Waals surface area contributed by atoms with Crippen molar-refractivity contribution in [3.63, 3.8) is 0 Å². The molecule has 2 aromatic rings. The van der Waals surface area contributed by atoms with E-state index >= 15 is 0 Å². The molecular formula is C18H21KO5S. The van der Waals surface area contributed by atoms with E-state index in [9.17, 15) is 13.5 Å². The fourth-order valence-electron chi connectivity index (χ4n) is 2.35. The molecule has 0 heterocycles. The second-order valence-electron chi connectivity index (χ2n) is 5.64. The van der Waals surface area contributed by atoms with Crippen molar-refractivity contribution in [2.75, 3.05) is 0 Å². The van der Waals surface area contributed by atoms with E-state index in [0.29, 0.717) is 5.75 Å². The van der Waals surface area contributed by atoms with Crippen LogP contribution >= 0.6 is 0 Å². The van der Waals surface area contributed by atoms with Gasteiger partial charge in [0.25, 0.3) is 10.1 Å². The zero-order valence-corrected chi connectivity index (χ0v) is 18.5. The van der Waals surface area contributed by atoms with Crippen LogP contribution in [0.2, 0.25) is 0 Å². The molecule has 0 fully saturated rings. The number of aryl methyl sites for hydroxylation is 1. The minimum absolute atomic E-state index is 0. The van der Waals surface area contributed by atoms with E-state index in [0.717, 1.165) is 24.8 Å². The number of ether oxygens (including phenoxy) is 1. The van der Waals surface area contributed by atoms with Gasteiger partial charge in [-0.05, 0) is 48.7 Å². The summed E-state index contributed by atoms with van der Waals surface area (Å²) in [4.78, 5) is -0.223. The third-order valence-corrected chi connectivity index (χ3v) is 4.54. The molecule has 0 unspecified atom stereocenters. The third-order valence-electron chi connectivity index (χ3n) is 3.68. The van der Waals surface area contributed by atoms with E-state index in [1.54, 1.807) is 12.1 Å². The number of benzene rings is 2. The van der Waals surface area contributed by atoms with E-state index < -0.39 is 10.1 Å². The molecule has 1 N–H and O–H groups in total. The van der Waals surface area contributed by atoms with Gasteiger partial charge < -0.3 is 9.84 Å². The van der Waals surface area contributed by atoms with Crippen molar-refractivity contribution in [2.24, 2.45) is 0 Å². The number of rotatable bonds is 8. The van der Waals surface area contributed by atoms with Crippen molar-refractivity contribution in [1.29, 1.82) is 0 Å². The largest absolute Gasteiger partial charge is 1.00 e. The fourth-order valence-corrected chi connectivity index (χ4v) is 2.83. The van der Waals surface area contributed by atoms with Crippen LogP contribution in [-0.2, 0) is 16.5 Å². The first-order valence-corrected chi connectivity index (χ1v) is 9.39. The van der Waals surface area contributed by atoms with Crippen LogP contribution in [0.4, 0.5) is 0 Å². The van der Waals surface area contributed by atoms with Gasteiger partial charge in [0, 0.05) is 0 Å². The third kappa shape index (κ3) is 7.38. The van der Waals surface area contributed by atoms with Gasteiger partial charge in [0.15, 0.2) is 0 Å².